The molecule has 0 saturated heterocycles. The number of rotatable bonds is 3. The Morgan fingerprint density at radius 2 is 1.95 bits per heavy atom. The van der Waals surface area contributed by atoms with E-state index in [2.05, 4.69) is 10.1 Å². The maximum absolute atomic E-state index is 5.74. The van der Waals surface area contributed by atoms with Crippen molar-refractivity contribution >= 4 is 5.65 Å². The summed E-state index contributed by atoms with van der Waals surface area (Å²) in [6, 6.07) is 11.8. The largest absolute Gasteiger partial charge is 0.489 e. The van der Waals surface area contributed by atoms with E-state index >= 15 is 0 Å². The van der Waals surface area contributed by atoms with Crippen LogP contribution < -0.4 is 4.74 Å². The molecule has 1 aromatic carbocycles. The molecule has 3 rings (SSSR count). The summed E-state index contributed by atoms with van der Waals surface area (Å²) in [5.74, 6) is 0.853. The van der Waals surface area contributed by atoms with Crippen molar-refractivity contribution in [3.63, 3.8) is 0 Å². The topological polar surface area (TPSA) is 39.4 Å². The van der Waals surface area contributed by atoms with E-state index in [0.717, 1.165) is 28.3 Å². The first-order valence-electron chi connectivity index (χ1n) is 6.23. The molecule has 0 fully saturated rings. The molecule has 0 aliphatic rings. The smallest absolute Gasteiger partial charge is 0.162 e. The number of hydrogen-bond acceptors (Lipinski definition) is 3. The summed E-state index contributed by atoms with van der Waals surface area (Å²) in [6.45, 7) is 4.49. The standard InChI is InChI=1S/C15H15N3O/c1-11-8-12(2)18-15(17-11)13(9-16-18)10-19-14-6-4-3-5-7-14/h3-9H,10H2,1-2H3. The lowest BCUT2D eigenvalue weighted by molar-refractivity contribution is 0.307. The first-order valence-corrected chi connectivity index (χ1v) is 6.23. The van der Waals surface area contributed by atoms with E-state index in [1.54, 1.807) is 0 Å². The summed E-state index contributed by atoms with van der Waals surface area (Å²) in [5.41, 5.74) is 3.93. The van der Waals surface area contributed by atoms with Crippen LogP contribution in [-0.4, -0.2) is 14.6 Å². The lowest BCUT2D eigenvalue weighted by atomic mass is 10.3. The van der Waals surface area contributed by atoms with Crippen LogP contribution in [-0.2, 0) is 6.61 Å². The molecule has 0 atom stereocenters. The van der Waals surface area contributed by atoms with Gasteiger partial charge in [-0.2, -0.15) is 5.10 Å². The Hall–Kier alpha value is -2.36. The van der Waals surface area contributed by atoms with Gasteiger partial charge in [0.1, 0.15) is 12.4 Å². The Morgan fingerprint density at radius 1 is 1.16 bits per heavy atom. The maximum atomic E-state index is 5.74. The minimum Gasteiger partial charge on any atom is -0.489 e. The lowest BCUT2D eigenvalue weighted by Gasteiger charge is -2.05. The van der Waals surface area contributed by atoms with Gasteiger partial charge in [0.2, 0.25) is 0 Å². The summed E-state index contributed by atoms with van der Waals surface area (Å²) in [7, 11) is 0. The number of hydrogen-bond donors (Lipinski definition) is 0. The van der Waals surface area contributed by atoms with Gasteiger partial charge < -0.3 is 4.74 Å². The maximum Gasteiger partial charge on any atom is 0.162 e. The Balaban J connectivity index is 1.89. The third-order valence-electron chi connectivity index (χ3n) is 2.99. The van der Waals surface area contributed by atoms with Gasteiger partial charge in [0, 0.05) is 11.4 Å². The molecule has 2 aromatic heterocycles. The summed E-state index contributed by atoms with van der Waals surface area (Å²) in [4.78, 5) is 4.53. The molecular formula is C15H15N3O. The number of aromatic nitrogens is 3. The number of fused-ring (bicyclic) bond motifs is 1. The second kappa shape index (κ2) is 4.72. The average molecular weight is 253 g/mol. The highest BCUT2D eigenvalue weighted by Gasteiger charge is 2.08. The second-order valence-electron chi connectivity index (χ2n) is 4.55. The Labute approximate surface area is 111 Å². The molecule has 2 heterocycles. The Kier molecular flexibility index (Phi) is 2.91. The first-order chi connectivity index (χ1) is 9.24. The van der Waals surface area contributed by atoms with Crippen LogP contribution in [0, 0.1) is 13.8 Å². The molecule has 0 amide bonds. The van der Waals surface area contributed by atoms with E-state index in [-0.39, 0.29) is 0 Å². The van der Waals surface area contributed by atoms with Gasteiger partial charge in [-0.05, 0) is 32.0 Å². The number of ether oxygens (including phenoxy) is 1. The van der Waals surface area contributed by atoms with E-state index in [1.807, 2.05) is 61.0 Å². The molecule has 0 aliphatic carbocycles. The van der Waals surface area contributed by atoms with E-state index in [1.165, 1.54) is 0 Å². The molecule has 4 heteroatoms. The minimum atomic E-state index is 0.476. The predicted octanol–water partition coefficient (Wildman–Crippen LogP) is 2.93. The number of benzene rings is 1. The third-order valence-corrected chi connectivity index (χ3v) is 2.99. The van der Waals surface area contributed by atoms with Gasteiger partial charge in [-0.25, -0.2) is 9.50 Å². The highest BCUT2D eigenvalue weighted by atomic mass is 16.5. The monoisotopic (exact) mass is 253 g/mol. The highest BCUT2D eigenvalue weighted by Crippen LogP contribution is 2.15. The van der Waals surface area contributed by atoms with Crippen molar-refractivity contribution in [3.8, 4) is 5.75 Å². The molecule has 0 spiro atoms. The van der Waals surface area contributed by atoms with Crippen LogP contribution in [0.4, 0.5) is 0 Å². The molecule has 0 bridgehead atoms. The van der Waals surface area contributed by atoms with E-state index in [4.69, 9.17) is 4.74 Å². The van der Waals surface area contributed by atoms with Crippen LogP contribution in [0.1, 0.15) is 17.0 Å². The fraction of sp³-hybridized carbons (Fsp3) is 0.200. The molecule has 0 radical (unpaired) electrons. The van der Waals surface area contributed by atoms with Gasteiger partial charge in [0.15, 0.2) is 5.65 Å². The number of para-hydroxylation sites is 1. The minimum absolute atomic E-state index is 0.476. The van der Waals surface area contributed by atoms with Crippen LogP contribution >= 0.6 is 0 Å². The second-order valence-corrected chi connectivity index (χ2v) is 4.55. The van der Waals surface area contributed by atoms with Crippen LogP contribution in [0.25, 0.3) is 5.65 Å². The van der Waals surface area contributed by atoms with Crippen molar-refractivity contribution in [2.24, 2.45) is 0 Å². The van der Waals surface area contributed by atoms with Gasteiger partial charge >= 0.3 is 0 Å². The van der Waals surface area contributed by atoms with E-state index < -0.39 is 0 Å². The molecule has 0 unspecified atom stereocenters. The van der Waals surface area contributed by atoms with Crippen molar-refractivity contribution in [3.05, 3.63) is 59.5 Å². The van der Waals surface area contributed by atoms with Crippen molar-refractivity contribution in [2.45, 2.75) is 20.5 Å². The van der Waals surface area contributed by atoms with Gasteiger partial charge in [0.05, 0.1) is 11.8 Å². The molecular weight excluding hydrogens is 238 g/mol. The third kappa shape index (κ3) is 2.29. The first kappa shape index (κ1) is 11.7. The van der Waals surface area contributed by atoms with E-state index in [0.29, 0.717) is 6.61 Å². The van der Waals surface area contributed by atoms with Crippen molar-refractivity contribution in [1.29, 1.82) is 0 Å². The fourth-order valence-corrected chi connectivity index (χ4v) is 2.10. The zero-order valence-corrected chi connectivity index (χ0v) is 11.0. The lowest BCUT2D eigenvalue weighted by Crippen LogP contribution is -2.00. The quantitative estimate of drug-likeness (QED) is 0.720. The summed E-state index contributed by atoms with van der Waals surface area (Å²) in [5, 5.41) is 4.35. The average Bonchev–Trinajstić information content (AvgIpc) is 2.81. The summed E-state index contributed by atoms with van der Waals surface area (Å²) >= 11 is 0. The van der Waals surface area contributed by atoms with Crippen LogP contribution in [0.15, 0.2) is 42.6 Å². The number of aryl methyl sites for hydroxylation is 2. The fourth-order valence-electron chi connectivity index (χ4n) is 2.10. The van der Waals surface area contributed by atoms with E-state index in [9.17, 15) is 0 Å². The van der Waals surface area contributed by atoms with Gasteiger partial charge in [0.25, 0.3) is 0 Å². The highest BCUT2D eigenvalue weighted by molar-refractivity contribution is 5.47. The summed E-state index contributed by atoms with van der Waals surface area (Å²) in [6.07, 6.45) is 1.82. The summed E-state index contributed by atoms with van der Waals surface area (Å²) < 4.78 is 7.59. The zero-order valence-electron chi connectivity index (χ0n) is 11.0. The molecule has 0 N–H and O–H groups in total. The molecule has 3 aromatic rings. The van der Waals surface area contributed by atoms with Gasteiger partial charge in [-0.15, -0.1) is 0 Å². The number of nitrogens with zero attached hydrogens (tertiary/aromatic N) is 3. The molecule has 4 nitrogen and oxygen atoms in total. The normalized spacial score (nSPS) is 10.8. The molecule has 19 heavy (non-hydrogen) atoms. The Bertz CT molecular complexity index is 704. The van der Waals surface area contributed by atoms with Crippen LogP contribution in [0.2, 0.25) is 0 Å². The molecule has 0 saturated carbocycles. The molecule has 0 aliphatic heterocycles. The van der Waals surface area contributed by atoms with Crippen LogP contribution in [0.5, 0.6) is 5.75 Å². The van der Waals surface area contributed by atoms with Crippen LogP contribution in [0.3, 0.4) is 0 Å². The predicted molar refractivity (Wildman–Crippen MR) is 73.2 cm³/mol. The van der Waals surface area contributed by atoms with Crippen molar-refractivity contribution < 1.29 is 4.74 Å². The zero-order chi connectivity index (χ0) is 13.2. The Morgan fingerprint density at radius 3 is 2.74 bits per heavy atom. The van der Waals surface area contributed by atoms with Crippen molar-refractivity contribution in [1.82, 2.24) is 14.6 Å². The molecule has 96 valence electrons. The van der Waals surface area contributed by atoms with Gasteiger partial charge in [-0.3, -0.25) is 0 Å². The van der Waals surface area contributed by atoms with Crippen molar-refractivity contribution in [2.75, 3.05) is 0 Å². The SMILES string of the molecule is Cc1cc(C)n2ncc(COc3ccccc3)c2n1. The van der Waals surface area contributed by atoms with Gasteiger partial charge in [-0.1, -0.05) is 18.2 Å².